The maximum Gasteiger partial charge on any atom is 0.304 e. The van der Waals surface area contributed by atoms with Gasteiger partial charge < -0.3 is 10.8 Å². The zero-order chi connectivity index (χ0) is 11.3. The Hall–Kier alpha value is -0.570. The molecule has 2 unspecified atom stereocenters. The van der Waals surface area contributed by atoms with Crippen LogP contribution in [0.3, 0.4) is 0 Å². The van der Waals surface area contributed by atoms with Crippen LogP contribution in [0.2, 0.25) is 0 Å². The van der Waals surface area contributed by atoms with E-state index in [0.29, 0.717) is 5.92 Å². The molecule has 0 saturated heterocycles. The van der Waals surface area contributed by atoms with Crippen LogP contribution < -0.4 is 5.73 Å². The second-order valence-corrected chi connectivity index (χ2v) is 4.97. The van der Waals surface area contributed by atoms with E-state index in [2.05, 4.69) is 6.92 Å². The van der Waals surface area contributed by atoms with Crippen molar-refractivity contribution in [3.8, 4) is 0 Å². The third-order valence-corrected chi connectivity index (χ3v) is 3.57. The number of carbonyl (C=O) groups is 1. The predicted molar refractivity (Wildman–Crippen MR) is 60.6 cm³/mol. The molecular formula is C12H23NO2. The summed E-state index contributed by atoms with van der Waals surface area (Å²) in [4.78, 5) is 10.5. The quantitative estimate of drug-likeness (QED) is 0.737. The molecule has 3 N–H and O–H groups in total. The van der Waals surface area contributed by atoms with Crippen LogP contribution in [0, 0.1) is 11.8 Å². The van der Waals surface area contributed by atoms with Crippen molar-refractivity contribution < 1.29 is 9.90 Å². The summed E-state index contributed by atoms with van der Waals surface area (Å²) in [6.07, 6.45) is 7.62. The molecule has 2 atom stereocenters. The summed E-state index contributed by atoms with van der Waals surface area (Å²) in [5.41, 5.74) is 5.80. The fourth-order valence-corrected chi connectivity index (χ4v) is 2.68. The molecule has 1 rings (SSSR count). The molecule has 0 bridgehead atoms. The van der Waals surface area contributed by atoms with Crippen LogP contribution in [-0.4, -0.2) is 17.1 Å². The first-order chi connectivity index (χ1) is 7.09. The highest BCUT2D eigenvalue weighted by Gasteiger charge is 2.22. The molecule has 0 radical (unpaired) electrons. The molecule has 1 saturated carbocycles. The van der Waals surface area contributed by atoms with E-state index in [1.807, 2.05) is 0 Å². The van der Waals surface area contributed by atoms with Crippen LogP contribution in [-0.2, 0) is 4.79 Å². The van der Waals surface area contributed by atoms with Gasteiger partial charge in [0, 0.05) is 6.04 Å². The first-order valence-electron chi connectivity index (χ1n) is 6.07. The Morgan fingerprint density at radius 1 is 1.40 bits per heavy atom. The Labute approximate surface area is 92.0 Å². The lowest BCUT2D eigenvalue weighted by molar-refractivity contribution is -0.137. The summed E-state index contributed by atoms with van der Waals surface area (Å²) in [5.74, 6) is 0.580. The maximum atomic E-state index is 10.5. The van der Waals surface area contributed by atoms with Crippen LogP contribution in [0.1, 0.15) is 51.9 Å². The molecule has 1 fully saturated rings. The predicted octanol–water partition coefficient (Wildman–Crippen LogP) is 2.39. The largest absolute Gasteiger partial charge is 0.481 e. The molecule has 0 aromatic heterocycles. The van der Waals surface area contributed by atoms with Crippen molar-refractivity contribution in [2.45, 2.75) is 57.9 Å². The van der Waals surface area contributed by atoms with E-state index in [9.17, 15) is 4.79 Å². The van der Waals surface area contributed by atoms with E-state index >= 15 is 0 Å². The maximum absolute atomic E-state index is 10.5. The van der Waals surface area contributed by atoms with E-state index in [-0.39, 0.29) is 12.5 Å². The molecule has 0 aromatic rings. The van der Waals surface area contributed by atoms with Gasteiger partial charge in [0.1, 0.15) is 0 Å². The van der Waals surface area contributed by atoms with Gasteiger partial charge in [0.05, 0.1) is 6.42 Å². The molecule has 1 aliphatic rings. The van der Waals surface area contributed by atoms with Crippen LogP contribution in [0.15, 0.2) is 0 Å². The van der Waals surface area contributed by atoms with E-state index in [0.717, 1.165) is 12.3 Å². The van der Waals surface area contributed by atoms with E-state index in [1.165, 1.54) is 32.1 Å². The molecule has 3 heteroatoms. The summed E-state index contributed by atoms with van der Waals surface area (Å²) in [6, 6.07) is -0.167. The lowest BCUT2D eigenvalue weighted by Crippen LogP contribution is -2.29. The number of nitrogens with two attached hydrogens (primary N) is 1. The van der Waals surface area contributed by atoms with E-state index in [1.54, 1.807) is 0 Å². The number of hydrogen-bond donors (Lipinski definition) is 2. The minimum atomic E-state index is -0.779. The van der Waals surface area contributed by atoms with Gasteiger partial charge in [-0.3, -0.25) is 4.79 Å². The minimum absolute atomic E-state index is 0.108. The summed E-state index contributed by atoms with van der Waals surface area (Å²) in [6.45, 7) is 2.22. The monoisotopic (exact) mass is 213 g/mol. The molecular weight excluding hydrogens is 190 g/mol. The smallest absolute Gasteiger partial charge is 0.304 e. The Balaban J connectivity index is 2.26. The van der Waals surface area contributed by atoms with Crippen molar-refractivity contribution in [3.63, 3.8) is 0 Å². The third kappa shape index (κ3) is 4.65. The van der Waals surface area contributed by atoms with Gasteiger partial charge in [-0.2, -0.15) is 0 Å². The number of hydrogen-bond acceptors (Lipinski definition) is 2. The average Bonchev–Trinajstić information content (AvgIpc) is 2.17. The average molecular weight is 213 g/mol. The van der Waals surface area contributed by atoms with Gasteiger partial charge in [-0.25, -0.2) is 0 Å². The van der Waals surface area contributed by atoms with Crippen molar-refractivity contribution in [1.82, 2.24) is 0 Å². The van der Waals surface area contributed by atoms with E-state index in [4.69, 9.17) is 10.8 Å². The fourth-order valence-electron chi connectivity index (χ4n) is 2.68. The molecule has 0 aromatic carbocycles. The lowest BCUT2D eigenvalue weighted by atomic mass is 9.78. The summed E-state index contributed by atoms with van der Waals surface area (Å²) in [5, 5.41) is 8.63. The Bertz CT molecular complexity index is 200. The molecule has 15 heavy (non-hydrogen) atoms. The number of rotatable bonds is 5. The first kappa shape index (κ1) is 12.5. The highest BCUT2D eigenvalue weighted by atomic mass is 16.4. The SMILES string of the molecule is CC(CC(N)CC(=O)O)C1CCCCC1. The lowest BCUT2D eigenvalue weighted by Gasteiger charge is -2.29. The fraction of sp³-hybridized carbons (Fsp3) is 0.917. The van der Waals surface area contributed by atoms with Gasteiger partial charge in [0.25, 0.3) is 0 Å². The molecule has 88 valence electrons. The van der Waals surface area contributed by atoms with Crippen LogP contribution in [0.4, 0.5) is 0 Å². The van der Waals surface area contributed by atoms with Crippen LogP contribution >= 0.6 is 0 Å². The van der Waals surface area contributed by atoms with Crippen molar-refractivity contribution in [2.24, 2.45) is 17.6 Å². The number of aliphatic carboxylic acids is 1. The summed E-state index contributed by atoms with van der Waals surface area (Å²) in [7, 11) is 0. The molecule has 0 aliphatic heterocycles. The van der Waals surface area contributed by atoms with Crippen molar-refractivity contribution in [3.05, 3.63) is 0 Å². The van der Waals surface area contributed by atoms with Crippen LogP contribution in [0.5, 0.6) is 0 Å². The second kappa shape index (κ2) is 6.11. The Kier molecular flexibility index (Phi) is 5.09. The molecule has 3 nitrogen and oxygen atoms in total. The van der Waals surface area contributed by atoms with Gasteiger partial charge in [0.15, 0.2) is 0 Å². The third-order valence-electron chi connectivity index (χ3n) is 3.57. The molecule has 1 aliphatic carbocycles. The standard InChI is InChI=1S/C12H23NO2/c1-9(7-11(13)8-12(14)15)10-5-3-2-4-6-10/h9-11H,2-8,13H2,1H3,(H,14,15). The van der Waals surface area contributed by atoms with Crippen molar-refractivity contribution in [1.29, 1.82) is 0 Å². The first-order valence-corrected chi connectivity index (χ1v) is 6.07. The van der Waals surface area contributed by atoms with E-state index < -0.39 is 5.97 Å². The van der Waals surface area contributed by atoms with Crippen molar-refractivity contribution >= 4 is 5.97 Å². The van der Waals surface area contributed by atoms with Gasteiger partial charge in [0.2, 0.25) is 0 Å². The highest BCUT2D eigenvalue weighted by Crippen LogP contribution is 2.32. The molecule has 0 amide bonds. The Morgan fingerprint density at radius 3 is 2.53 bits per heavy atom. The normalized spacial score (nSPS) is 22.3. The Morgan fingerprint density at radius 2 is 2.00 bits per heavy atom. The molecule has 0 heterocycles. The minimum Gasteiger partial charge on any atom is -0.481 e. The van der Waals surface area contributed by atoms with Gasteiger partial charge in [-0.05, 0) is 18.3 Å². The zero-order valence-corrected chi connectivity index (χ0v) is 9.61. The number of carboxylic acids is 1. The highest BCUT2D eigenvalue weighted by molar-refractivity contribution is 5.67. The van der Waals surface area contributed by atoms with Gasteiger partial charge >= 0.3 is 5.97 Å². The topological polar surface area (TPSA) is 63.3 Å². The summed E-state index contributed by atoms with van der Waals surface area (Å²) < 4.78 is 0. The van der Waals surface area contributed by atoms with Crippen molar-refractivity contribution in [2.75, 3.05) is 0 Å². The second-order valence-electron chi connectivity index (χ2n) is 4.97. The van der Waals surface area contributed by atoms with Gasteiger partial charge in [-0.15, -0.1) is 0 Å². The number of carboxylic acid groups (broad SMARTS) is 1. The zero-order valence-electron chi connectivity index (χ0n) is 9.61. The van der Waals surface area contributed by atoms with Crippen LogP contribution in [0.25, 0.3) is 0 Å². The summed E-state index contributed by atoms with van der Waals surface area (Å²) >= 11 is 0. The molecule has 0 spiro atoms. The van der Waals surface area contributed by atoms with Gasteiger partial charge in [-0.1, -0.05) is 39.0 Å².